The van der Waals surface area contributed by atoms with Crippen molar-refractivity contribution in [3.05, 3.63) is 179 Å². The molecule has 0 aromatic heterocycles. The van der Waals surface area contributed by atoms with Gasteiger partial charge in [-0.25, -0.2) is 0 Å². The molecule has 2 atom stereocenters. The SMILES string of the molecule is Cc1cccc2c1C([Si](c1ccccc1)(c1ccccc1)C1c3ccccc3-c3cccc(C)c31)c1ccccc1-2. The fourth-order valence-corrected chi connectivity index (χ4v) is 14.9. The quantitative estimate of drug-likeness (QED) is 0.197. The van der Waals surface area contributed by atoms with Crippen LogP contribution in [-0.2, 0) is 0 Å². The summed E-state index contributed by atoms with van der Waals surface area (Å²) in [6.45, 7) is 4.66. The molecule has 196 valence electrons. The molecule has 2 aliphatic rings. The molecule has 0 aliphatic heterocycles. The highest BCUT2D eigenvalue weighted by atomic mass is 28.3. The van der Waals surface area contributed by atoms with E-state index < -0.39 is 8.07 Å². The molecule has 0 bridgehead atoms. The first-order valence-corrected chi connectivity index (χ1v) is 16.9. The predicted octanol–water partition coefficient (Wildman–Crippen LogP) is 8.57. The van der Waals surface area contributed by atoms with Crippen molar-refractivity contribution in [1.29, 1.82) is 0 Å². The van der Waals surface area contributed by atoms with Gasteiger partial charge in [0.15, 0.2) is 0 Å². The topological polar surface area (TPSA) is 0 Å². The molecule has 0 spiro atoms. The fraction of sp³-hybridized carbons (Fsp3) is 0.100. The van der Waals surface area contributed by atoms with E-state index in [9.17, 15) is 0 Å². The van der Waals surface area contributed by atoms with E-state index in [1.54, 1.807) is 0 Å². The van der Waals surface area contributed by atoms with Gasteiger partial charge < -0.3 is 0 Å². The van der Waals surface area contributed by atoms with Crippen molar-refractivity contribution in [3.63, 3.8) is 0 Å². The zero-order valence-electron chi connectivity index (χ0n) is 23.5. The Kier molecular flexibility index (Phi) is 5.52. The van der Waals surface area contributed by atoms with Crippen LogP contribution >= 0.6 is 0 Å². The van der Waals surface area contributed by atoms with Crippen LogP contribution in [-0.4, -0.2) is 8.07 Å². The van der Waals surface area contributed by atoms with Crippen molar-refractivity contribution in [2.45, 2.75) is 24.9 Å². The minimum Gasteiger partial charge on any atom is -0.0625 e. The van der Waals surface area contributed by atoms with Gasteiger partial charge in [-0.2, -0.15) is 0 Å². The molecule has 0 saturated carbocycles. The van der Waals surface area contributed by atoms with E-state index in [0.29, 0.717) is 0 Å². The van der Waals surface area contributed by atoms with Crippen molar-refractivity contribution in [2.75, 3.05) is 0 Å². The Hall–Kier alpha value is -4.46. The normalized spacial score (nSPS) is 16.5. The van der Waals surface area contributed by atoms with Gasteiger partial charge in [0, 0.05) is 11.1 Å². The van der Waals surface area contributed by atoms with E-state index >= 15 is 0 Å². The molecular weight excluding hydrogens is 509 g/mol. The molecule has 0 amide bonds. The van der Waals surface area contributed by atoms with Crippen molar-refractivity contribution in [2.24, 2.45) is 0 Å². The van der Waals surface area contributed by atoms with Crippen LogP contribution in [0.1, 0.15) is 44.5 Å². The van der Waals surface area contributed by atoms with Crippen LogP contribution in [0.4, 0.5) is 0 Å². The zero-order chi connectivity index (χ0) is 27.6. The molecule has 2 unspecified atom stereocenters. The Labute approximate surface area is 244 Å². The Morgan fingerprint density at radius 3 is 1.17 bits per heavy atom. The lowest BCUT2D eigenvalue weighted by Gasteiger charge is -2.45. The van der Waals surface area contributed by atoms with Crippen LogP contribution < -0.4 is 10.4 Å². The van der Waals surface area contributed by atoms with Gasteiger partial charge in [-0.05, 0) is 69.5 Å². The summed E-state index contributed by atoms with van der Waals surface area (Å²) in [5.41, 5.74) is 14.9. The van der Waals surface area contributed by atoms with E-state index in [0.717, 1.165) is 0 Å². The van der Waals surface area contributed by atoms with Crippen molar-refractivity contribution in [3.8, 4) is 22.3 Å². The monoisotopic (exact) mass is 540 g/mol. The van der Waals surface area contributed by atoms with E-state index in [-0.39, 0.29) is 11.1 Å². The summed E-state index contributed by atoms with van der Waals surface area (Å²) in [5.74, 6) is 0. The highest BCUT2D eigenvalue weighted by Gasteiger charge is 2.58. The second kappa shape index (κ2) is 9.29. The van der Waals surface area contributed by atoms with E-state index in [1.807, 2.05) is 0 Å². The number of hydrogen-bond acceptors (Lipinski definition) is 0. The highest BCUT2D eigenvalue weighted by molar-refractivity contribution is 7.05. The third kappa shape index (κ3) is 3.33. The van der Waals surface area contributed by atoms with Crippen molar-refractivity contribution in [1.82, 2.24) is 0 Å². The summed E-state index contributed by atoms with van der Waals surface area (Å²) in [7, 11) is -2.75. The van der Waals surface area contributed by atoms with Gasteiger partial charge in [-0.15, -0.1) is 0 Å². The van der Waals surface area contributed by atoms with Crippen LogP contribution in [0.5, 0.6) is 0 Å². The Morgan fingerprint density at radius 2 is 0.732 bits per heavy atom. The van der Waals surface area contributed by atoms with Gasteiger partial charge in [0.05, 0.1) is 0 Å². The third-order valence-corrected chi connectivity index (χ3v) is 15.4. The first kappa shape index (κ1) is 24.3. The van der Waals surface area contributed by atoms with Crippen LogP contribution in [0.2, 0.25) is 0 Å². The fourth-order valence-electron chi connectivity index (χ4n) is 8.27. The van der Waals surface area contributed by atoms with Crippen LogP contribution in [0, 0.1) is 13.8 Å². The number of fused-ring (bicyclic) bond motifs is 6. The molecule has 6 aromatic rings. The average Bonchev–Trinajstić information content (AvgIpc) is 3.55. The molecule has 0 radical (unpaired) electrons. The first-order chi connectivity index (χ1) is 20.2. The summed E-state index contributed by atoms with van der Waals surface area (Å²) >= 11 is 0. The van der Waals surface area contributed by atoms with E-state index in [4.69, 9.17) is 0 Å². The Morgan fingerprint density at radius 1 is 0.366 bits per heavy atom. The summed E-state index contributed by atoms with van der Waals surface area (Å²) in [6, 6.07) is 55.5. The number of hydrogen-bond donors (Lipinski definition) is 0. The van der Waals surface area contributed by atoms with Crippen LogP contribution in [0.15, 0.2) is 146 Å². The molecule has 1 heteroatoms. The third-order valence-electron chi connectivity index (χ3n) is 9.76. The molecule has 2 aliphatic carbocycles. The maximum atomic E-state index is 2.44. The number of rotatable bonds is 4. The van der Waals surface area contributed by atoms with Gasteiger partial charge in [-0.3, -0.25) is 0 Å². The summed E-state index contributed by atoms with van der Waals surface area (Å²) in [4.78, 5) is 0. The van der Waals surface area contributed by atoms with Crippen molar-refractivity contribution >= 4 is 18.4 Å². The zero-order valence-corrected chi connectivity index (χ0v) is 24.5. The summed E-state index contributed by atoms with van der Waals surface area (Å²) in [5, 5.41) is 3.00. The standard InChI is InChI=1S/C40H32Si/c1-27-15-13-25-33-31-21-9-11-23-35(31)39(37(27)33)41(29-17-5-3-6-18-29,30-19-7-4-8-20-30)40-36-24-12-10-22-32(36)34-26-14-16-28(2)38(34)40/h3-26,39-40H,1-2H3. The Bertz CT molecular complexity index is 1780. The molecule has 41 heavy (non-hydrogen) atoms. The van der Waals surface area contributed by atoms with Gasteiger partial charge in [0.1, 0.15) is 8.07 Å². The molecule has 0 nitrogen and oxygen atoms in total. The lowest BCUT2D eigenvalue weighted by molar-refractivity contribution is 1.02. The van der Waals surface area contributed by atoms with Gasteiger partial charge in [0.25, 0.3) is 0 Å². The van der Waals surface area contributed by atoms with Crippen LogP contribution in [0.3, 0.4) is 0 Å². The highest BCUT2D eigenvalue weighted by Crippen LogP contribution is 2.58. The largest absolute Gasteiger partial charge is 0.141 e. The lowest BCUT2D eigenvalue weighted by Crippen LogP contribution is -2.67. The number of benzene rings is 6. The number of aryl methyl sites for hydroxylation is 2. The van der Waals surface area contributed by atoms with Crippen molar-refractivity contribution < 1.29 is 0 Å². The minimum absolute atomic E-state index is 0.267. The summed E-state index contributed by atoms with van der Waals surface area (Å²) in [6.07, 6.45) is 0. The first-order valence-electron chi connectivity index (χ1n) is 14.7. The smallest absolute Gasteiger partial charge is 0.0625 e. The van der Waals surface area contributed by atoms with Gasteiger partial charge in [-0.1, -0.05) is 156 Å². The van der Waals surface area contributed by atoms with E-state index in [1.165, 1.54) is 66.0 Å². The molecule has 0 N–H and O–H groups in total. The van der Waals surface area contributed by atoms with Crippen LogP contribution in [0.25, 0.3) is 22.3 Å². The van der Waals surface area contributed by atoms with Gasteiger partial charge in [0.2, 0.25) is 0 Å². The summed E-state index contributed by atoms with van der Waals surface area (Å²) < 4.78 is 0. The second-order valence-electron chi connectivity index (χ2n) is 11.7. The molecule has 0 saturated heterocycles. The molecule has 0 heterocycles. The van der Waals surface area contributed by atoms with Gasteiger partial charge >= 0.3 is 0 Å². The molecule has 6 aromatic carbocycles. The molecular formula is C40H32Si. The maximum absolute atomic E-state index is 2.75. The van der Waals surface area contributed by atoms with E-state index in [2.05, 4.69) is 159 Å². The average molecular weight is 541 g/mol. The predicted molar refractivity (Wildman–Crippen MR) is 175 cm³/mol. The molecule has 8 rings (SSSR count). The minimum atomic E-state index is -2.75. The molecule has 0 fully saturated rings. The Balaban J connectivity index is 1.60. The lowest BCUT2D eigenvalue weighted by atomic mass is 10.0. The maximum Gasteiger partial charge on any atom is 0.141 e. The second-order valence-corrected chi connectivity index (χ2v) is 15.8.